The normalized spacial score (nSPS) is 17.0. The van der Waals surface area contributed by atoms with Gasteiger partial charge >= 0.3 is 0 Å². The number of benzene rings is 1. The largest absolute Gasteiger partial charge is 0.328 e. The van der Waals surface area contributed by atoms with Crippen molar-refractivity contribution >= 4 is 5.91 Å². The molecule has 1 atom stereocenters. The Morgan fingerprint density at radius 3 is 2.96 bits per heavy atom. The van der Waals surface area contributed by atoms with Crippen molar-refractivity contribution in [3.63, 3.8) is 0 Å². The minimum absolute atomic E-state index is 0.175. The fourth-order valence-electron chi connectivity index (χ4n) is 3.26. The summed E-state index contributed by atoms with van der Waals surface area (Å²) < 4.78 is 20.0. The molecule has 1 saturated heterocycles. The summed E-state index contributed by atoms with van der Waals surface area (Å²) in [6, 6.07) is 6.27. The highest BCUT2D eigenvalue weighted by Gasteiger charge is 2.35. The van der Waals surface area contributed by atoms with Gasteiger partial charge in [0, 0.05) is 12.1 Å². The van der Waals surface area contributed by atoms with Crippen LogP contribution in [0.2, 0.25) is 0 Å². The van der Waals surface area contributed by atoms with Gasteiger partial charge < -0.3 is 4.90 Å². The van der Waals surface area contributed by atoms with Gasteiger partial charge in [-0.2, -0.15) is 0 Å². The molecule has 2 aromatic heterocycles. The van der Waals surface area contributed by atoms with Crippen LogP contribution in [0.4, 0.5) is 4.39 Å². The van der Waals surface area contributed by atoms with Gasteiger partial charge in [0.1, 0.15) is 17.2 Å². The molecule has 1 aromatic carbocycles. The molecule has 26 heavy (non-hydrogen) atoms. The summed E-state index contributed by atoms with van der Waals surface area (Å²) in [4.78, 5) is 14.6. The van der Waals surface area contributed by atoms with E-state index in [0.29, 0.717) is 23.5 Å². The van der Waals surface area contributed by atoms with E-state index in [4.69, 9.17) is 4.63 Å². The molecule has 0 bridgehead atoms. The standard InChI is InChI=1S/C17H17FN6O2/c1-11-16(21-26-20-11)15-7-4-8-24(15)17(25)14-10-23(22-19-14)9-12-5-2-3-6-13(12)18/h2-3,5-6,10,15H,4,7-9H2,1H3. The van der Waals surface area contributed by atoms with Gasteiger partial charge in [-0.3, -0.25) is 4.79 Å². The highest BCUT2D eigenvalue weighted by Crippen LogP contribution is 2.33. The van der Waals surface area contributed by atoms with Crippen molar-refractivity contribution < 1.29 is 13.8 Å². The molecule has 0 N–H and O–H groups in total. The molecule has 8 nitrogen and oxygen atoms in total. The molecule has 1 unspecified atom stereocenters. The fraction of sp³-hybridized carbons (Fsp3) is 0.353. The average molecular weight is 356 g/mol. The molecule has 0 radical (unpaired) electrons. The summed E-state index contributed by atoms with van der Waals surface area (Å²) in [7, 11) is 0. The van der Waals surface area contributed by atoms with Gasteiger partial charge in [-0.15, -0.1) is 5.10 Å². The van der Waals surface area contributed by atoms with Crippen molar-refractivity contribution in [1.82, 2.24) is 30.2 Å². The van der Waals surface area contributed by atoms with Gasteiger partial charge in [0.25, 0.3) is 5.91 Å². The van der Waals surface area contributed by atoms with E-state index in [0.717, 1.165) is 12.8 Å². The number of carbonyl (C=O) groups is 1. The van der Waals surface area contributed by atoms with Crippen molar-refractivity contribution in [2.24, 2.45) is 0 Å². The first kappa shape index (κ1) is 16.4. The maximum absolute atomic E-state index is 13.8. The van der Waals surface area contributed by atoms with Crippen LogP contribution in [0.25, 0.3) is 0 Å². The van der Waals surface area contributed by atoms with Crippen LogP contribution in [-0.4, -0.2) is 42.7 Å². The maximum Gasteiger partial charge on any atom is 0.276 e. The highest BCUT2D eigenvalue weighted by molar-refractivity contribution is 5.92. The van der Waals surface area contributed by atoms with Gasteiger partial charge in [-0.05, 0) is 25.8 Å². The zero-order chi connectivity index (χ0) is 18.1. The van der Waals surface area contributed by atoms with E-state index in [2.05, 4.69) is 20.6 Å². The number of aryl methyl sites for hydroxylation is 1. The lowest BCUT2D eigenvalue weighted by atomic mass is 10.1. The average Bonchev–Trinajstić information content (AvgIpc) is 3.36. The van der Waals surface area contributed by atoms with Crippen LogP contribution in [0, 0.1) is 12.7 Å². The Labute approximate surface area is 148 Å². The van der Waals surface area contributed by atoms with Gasteiger partial charge in [0.15, 0.2) is 5.69 Å². The molecule has 134 valence electrons. The van der Waals surface area contributed by atoms with Crippen molar-refractivity contribution in [2.75, 3.05) is 6.54 Å². The lowest BCUT2D eigenvalue weighted by Crippen LogP contribution is -2.31. The van der Waals surface area contributed by atoms with Gasteiger partial charge in [0.2, 0.25) is 0 Å². The molecule has 1 aliphatic rings. The smallest absolute Gasteiger partial charge is 0.276 e. The second-order valence-corrected chi connectivity index (χ2v) is 6.28. The Morgan fingerprint density at radius 2 is 2.19 bits per heavy atom. The predicted molar refractivity (Wildman–Crippen MR) is 87.6 cm³/mol. The number of halogens is 1. The van der Waals surface area contributed by atoms with E-state index in [-0.39, 0.29) is 30.0 Å². The first-order valence-corrected chi connectivity index (χ1v) is 8.37. The predicted octanol–water partition coefficient (Wildman–Crippen LogP) is 2.13. The summed E-state index contributed by atoms with van der Waals surface area (Å²) in [6.07, 6.45) is 3.20. The Kier molecular flexibility index (Phi) is 4.19. The molecule has 4 rings (SSSR count). The molecule has 9 heteroatoms. The number of nitrogens with zero attached hydrogens (tertiary/aromatic N) is 6. The lowest BCUT2D eigenvalue weighted by molar-refractivity contribution is 0.0724. The zero-order valence-electron chi connectivity index (χ0n) is 14.2. The highest BCUT2D eigenvalue weighted by atomic mass is 19.1. The Balaban J connectivity index is 1.53. The quantitative estimate of drug-likeness (QED) is 0.711. The number of hydrogen-bond acceptors (Lipinski definition) is 6. The molecular formula is C17H17FN6O2. The molecule has 1 aliphatic heterocycles. The Bertz CT molecular complexity index is 937. The molecule has 1 fully saturated rings. The monoisotopic (exact) mass is 356 g/mol. The van der Waals surface area contributed by atoms with E-state index >= 15 is 0 Å². The number of rotatable bonds is 4. The number of amides is 1. The van der Waals surface area contributed by atoms with Crippen LogP contribution in [-0.2, 0) is 6.54 Å². The molecule has 3 aromatic rings. The van der Waals surface area contributed by atoms with Gasteiger partial charge in [0.05, 0.1) is 18.8 Å². The molecule has 1 amide bonds. The number of hydrogen-bond donors (Lipinski definition) is 0. The van der Waals surface area contributed by atoms with Crippen LogP contribution in [0.5, 0.6) is 0 Å². The first-order valence-electron chi connectivity index (χ1n) is 8.37. The van der Waals surface area contributed by atoms with Crippen LogP contribution >= 0.6 is 0 Å². The van der Waals surface area contributed by atoms with Crippen molar-refractivity contribution in [2.45, 2.75) is 32.4 Å². The van der Waals surface area contributed by atoms with E-state index < -0.39 is 0 Å². The topological polar surface area (TPSA) is 89.9 Å². The molecule has 0 spiro atoms. The third-order valence-electron chi connectivity index (χ3n) is 4.56. The summed E-state index contributed by atoms with van der Waals surface area (Å²) in [6.45, 7) is 2.62. The summed E-state index contributed by atoms with van der Waals surface area (Å²) in [5.41, 5.74) is 2.06. The van der Waals surface area contributed by atoms with Crippen LogP contribution in [0.1, 0.15) is 46.3 Å². The Morgan fingerprint density at radius 1 is 1.35 bits per heavy atom. The van der Waals surface area contributed by atoms with E-state index in [9.17, 15) is 9.18 Å². The molecule has 3 heterocycles. The third kappa shape index (κ3) is 2.96. The fourth-order valence-corrected chi connectivity index (χ4v) is 3.26. The molecular weight excluding hydrogens is 339 g/mol. The number of likely N-dealkylation sites (tertiary alicyclic amines) is 1. The summed E-state index contributed by atoms with van der Waals surface area (Å²) >= 11 is 0. The van der Waals surface area contributed by atoms with Crippen LogP contribution < -0.4 is 0 Å². The van der Waals surface area contributed by atoms with E-state index in [1.54, 1.807) is 30.0 Å². The Hall–Kier alpha value is -3.10. The minimum atomic E-state index is -0.315. The maximum atomic E-state index is 13.8. The van der Waals surface area contributed by atoms with Crippen molar-refractivity contribution in [1.29, 1.82) is 0 Å². The van der Waals surface area contributed by atoms with Gasteiger partial charge in [-0.1, -0.05) is 33.7 Å². The molecule has 0 saturated carbocycles. The van der Waals surface area contributed by atoms with Gasteiger partial charge in [-0.25, -0.2) is 13.7 Å². The lowest BCUT2D eigenvalue weighted by Gasteiger charge is -2.21. The minimum Gasteiger partial charge on any atom is -0.328 e. The summed E-state index contributed by atoms with van der Waals surface area (Å²) in [5, 5.41) is 15.6. The first-order chi connectivity index (χ1) is 12.6. The number of aromatic nitrogens is 5. The molecule has 0 aliphatic carbocycles. The third-order valence-corrected chi connectivity index (χ3v) is 4.56. The van der Waals surface area contributed by atoms with Crippen LogP contribution in [0.3, 0.4) is 0 Å². The SMILES string of the molecule is Cc1nonc1C1CCCN1C(=O)c1cn(Cc2ccccc2F)nn1. The number of carbonyl (C=O) groups excluding carboxylic acids is 1. The van der Waals surface area contributed by atoms with Crippen molar-refractivity contribution in [3.8, 4) is 0 Å². The zero-order valence-corrected chi connectivity index (χ0v) is 14.2. The second kappa shape index (κ2) is 6.66. The summed E-state index contributed by atoms with van der Waals surface area (Å²) in [5.74, 6) is -0.542. The second-order valence-electron chi connectivity index (χ2n) is 6.28. The van der Waals surface area contributed by atoms with Crippen LogP contribution in [0.15, 0.2) is 35.1 Å². The van der Waals surface area contributed by atoms with E-state index in [1.165, 1.54) is 16.9 Å². The van der Waals surface area contributed by atoms with E-state index in [1.807, 2.05) is 0 Å². The van der Waals surface area contributed by atoms with Crippen molar-refractivity contribution in [3.05, 3.63) is 58.9 Å².